The van der Waals surface area contributed by atoms with Crippen LogP contribution in [0, 0.1) is 11.6 Å². The van der Waals surface area contributed by atoms with E-state index in [1.807, 2.05) is 18.2 Å². The van der Waals surface area contributed by atoms with Gasteiger partial charge in [0, 0.05) is 12.0 Å². The lowest BCUT2D eigenvalue weighted by Gasteiger charge is -2.16. The van der Waals surface area contributed by atoms with Gasteiger partial charge >= 0.3 is 0 Å². The van der Waals surface area contributed by atoms with Crippen LogP contribution in [-0.2, 0) is 19.3 Å². The molecule has 3 heteroatoms. The smallest absolute Gasteiger partial charge is 0.167 e. The molecule has 0 fully saturated rings. The summed E-state index contributed by atoms with van der Waals surface area (Å²) in [4.78, 5) is 12.3. The molecule has 1 nitrogen and oxygen atoms in total. The fourth-order valence-corrected chi connectivity index (χ4v) is 2.84. The van der Waals surface area contributed by atoms with Gasteiger partial charge in [-0.1, -0.05) is 18.2 Å². The lowest BCUT2D eigenvalue weighted by Crippen LogP contribution is -2.08. The molecule has 0 N–H and O–H groups in total. The van der Waals surface area contributed by atoms with E-state index in [4.69, 9.17) is 0 Å². The molecule has 3 rings (SSSR count). The van der Waals surface area contributed by atoms with Crippen LogP contribution >= 0.6 is 0 Å². The second-order valence-corrected chi connectivity index (χ2v) is 5.54. The molecule has 108 valence electrons. The zero-order chi connectivity index (χ0) is 14.8. The maximum Gasteiger partial charge on any atom is 0.167 e. The highest BCUT2D eigenvalue weighted by atomic mass is 19.2. The number of hydrogen-bond acceptors (Lipinski definition) is 1. The number of ketones is 1. The topological polar surface area (TPSA) is 17.1 Å². The third-order valence-electron chi connectivity index (χ3n) is 4.02. The van der Waals surface area contributed by atoms with Crippen LogP contribution in [0.4, 0.5) is 8.78 Å². The number of fused-ring (bicyclic) bond motifs is 1. The number of halogens is 2. The van der Waals surface area contributed by atoms with Crippen molar-refractivity contribution in [1.29, 1.82) is 0 Å². The van der Waals surface area contributed by atoms with Crippen molar-refractivity contribution in [2.24, 2.45) is 0 Å². The van der Waals surface area contributed by atoms with Crippen LogP contribution in [0.5, 0.6) is 0 Å². The molecule has 0 aromatic heterocycles. The van der Waals surface area contributed by atoms with Crippen molar-refractivity contribution >= 4 is 5.78 Å². The summed E-state index contributed by atoms with van der Waals surface area (Å²) in [5, 5.41) is 0. The predicted molar refractivity (Wildman–Crippen MR) is 77.5 cm³/mol. The van der Waals surface area contributed by atoms with Crippen LogP contribution < -0.4 is 0 Å². The van der Waals surface area contributed by atoms with Gasteiger partial charge in [-0.15, -0.1) is 0 Å². The van der Waals surface area contributed by atoms with E-state index in [0.717, 1.165) is 31.4 Å². The maximum atomic E-state index is 13.2. The molecular formula is C18H16F2O. The van der Waals surface area contributed by atoms with E-state index in [0.29, 0.717) is 11.1 Å². The fraction of sp³-hybridized carbons (Fsp3) is 0.278. The van der Waals surface area contributed by atoms with Gasteiger partial charge in [0.2, 0.25) is 0 Å². The molecule has 0 aliphatic heterocycles. The predicted octanol–water partition coefficient (Wildman–Crippen LogP) is 4.27. The molecule has 0 heterocycles. The summed E-state index contributed by atoms with van der Waals surface area (Å²) >= 11 is 0. The minimum absolute atomic E-state index is 0.0608. The largest absolute Gasteiger partial charge is 0.294 e. The summed E-state index contributed by atoms with van der Waals surface area (Å²) in [5.74, 6) is -1.86. The van der Waals surface area contributed by atoms with Gasteiger partial charge in [-0.3, -0.25) is 4.79 Å². The molecule has 0 saturated heterocycles. The Balaban J connectivity index is 1.80. The third-order valence-corrected chi connectivity index (χ3v) is 4.02. The van der Waals surface area contributed by atoms with E-state index in [1.165, 1.54) is 23.6 Å². The number of carbonyl (C=O) groups is 1. The normalized spacial score (nSPS) is 13.8. The lowest BCUT2D eigenvalue weighted by atomic mass is 9.89. The maximum absolute atomic E-state index is 13.2. The second-order valence-electron chi connectivity index (χ2n) is 5.54. The Morgan fingerprint density at radius 2 is 1.67 bits per heavy atom. The quantitative estimate of drug-likeness (QED) is 0.770. The van der Waals surface area contributed by atoms with E-state index in [9.17, 15) is 13.6 Å². The van der Waals surface area contributed by atoms with Gasteiger partial charge < -0.3 is 0 Å². The van der Waals surface area contributed by atoms with E-state index in [1.54, 1.807) is 0 Å². The number of carbonyl (C=O) groups excluding carboxylic acids is 1. The van der Waals surface area contributed by atoms with Gasteiger partial charge in [0.1, 0.15) is 0 Å². The van der Waals surface area contributed by atoms with Crippen LogP contribution in [0.2, 0.25) is 0 Å². The van der Waals surface area contributed by atoms with E-state index in [2.05, 4.69) is 0 Å². The van der Waals surface area contributed by atoms with Gasteiger partial charge in [-0.05, 0) is 60.6 Å². The minimum Gasteiger partial charge on any atom is -0.294 e. The van der Waals surface area contributed by atoms with Crippen molar-refractivity contribution < 1.29 is 13.6 Å². The van der Waals surface area contributed by atoms with Gasteiger partial charge in [0.25, 0.3) is 0 Å². The SMILES string of the molecule is O=C(Cc1ccc(F)c(F)c1)c1ccc2c(c1)CCCC2. The molecule has 1 aliphatic carbocycles. The van der Waals surface area contributed by atoms with Crippen LogP contribution in [0.1, 0.15) is 39.9 Å². The highest BCUT2D eigenvalue weighted by Gasteiger charge is 2.14. The van der Waals surface area contributed by atoms with Crippen LogP contribution in [-0.4, -0.2) is 5.78 Å². The van der Waals surface area contributed by atoms with E-state index < -0.39 is 11.6 Å². The number of hydrogen-bond donors (Lipinski definition) is 0. The molecule has 2 aromatic rings. The van der Waals surface area contributed by atoms with Crippen molar-refractivity contribution in [3.05, 3.63) is 70.3 Å². The molecule has 0 amide bonds. The molecule has 21 heavy (non-hydrogen) atoms. The Hall–Kier alpha value is -2.03. The minimum atomic E-state index is -0.911. The highest BCUT2D eigenvalue weighted by molar-refractivity contribution is 5.97. The Morgan fingerprint density at radius 1 is 0.905 bits per heavy atom. The monoisotopic (exact) mass is 286 g/mol. The lowest BCUT2D eigenvalue weighted by molar-refractivity contribution is 0.0992. The Bertz CT molecular complexity index is 692. The first-order chi connectivity index (χ1) is 10.1. The van der Waals surface area contributed by atoms with Crippen molar-refractivity contribution in [1.82, 2.24) is 0 Å². The van der Waals surface area contributed by atoms with Crippen molar-refractivity contribution in [2.45, 2.75) is 32.1 Å². The number of Topliss-reactive ketones (excluding diaryl/α,β-unsaturated/α-hetero) is 1. The van der Waals surface area contributed by atoms with Crippen molar-refractivity contribution in [3.63, 3.8) is 0 Å². The molecule has 0 bridgehead atoms. The summed E-state index contributed by atoms with van der Waals surface area (Å²) in [7, 11) is 0. The van der Waals surface area contributed by atoms with Gasteiger partial charge in [-0.2, -0.15) is 0 Å². The zero-order valence-corrected chi connectivity index (χ0v) is 11.7. The molecule has 0 saturated carbocycles. The van der Waals surface area contributed by atoms with Crippen LogP contribution in [0.15, 0.2) is 36.4 Å². The summed E-state index contributed by atoms with van der Waals surface area (Å²) in [5.41, 5.74) is 3.72. The summed E-state index contributed by atoms with van der Waals surface area (Å²) in [6.45, 7) is 0. The zero-order valence-electron chi connectivity index (χ0n) is 11.7. The molecule has 0 spiro atoms. The van der Waals surface area contributed by atoms with Crippen LogP contribution in [0.3, 0.4) is 0 Å². The Kier molecular flexibility index (Phi) is 3.82. The highest BCUT2D eigenvalue weighted by Crippen LogP contribution is 2.23. The Labute approximate surface area is 122 Å². The molecular weight excluding hydrogens is 270 g/mol. The number of rotatable bonds is 3. The first-order valence-corrected chi connectivity index (χ1v) is 7.22. The number of benzene rings is 2. The molecule has 0 atom stereocenters. The summed E-state index contributed by atoms with van der Waals surface area (Å²) < 4.78 is 26.1. The standard InChI is InChI=1S/C18H16F2O/c19-16-8-5-12(9-17(16)20)10-18(21)15-7-6-13-3-1-2-4-14(13)11-15/h5-9,11H,1-4,10H2. The third kappa shape index (κ3) is 3.02. The summed E-state index contributed by atoms with van der Waals surface area (Å²) in [6, 6.07) is 9.42. The van der Waals surface area contributed by atoms with Gasteiger partial charge in [-0.25, -0.2) is 8.78 Å². The fourth-order valence-electron chi connectivity index (χ4n) is 2.84. The van der Waals surface area contributed by atoms with Crippen LogP contribution in [0.25, 0.3) is 0 Å². The van der Waals surface area contributed by atoms with Gasteiger partial charge in [0.05, 0.1) is 0 Å². The number of aryl methyl sites for hydroxylation is 2. The average molecular weight is 286 g/mol. The Morgan fingerprint density at radius 3 is 2.43 bits per heavy atom. The van der Waals surface area contributed by atoms with Crippen molar-refractivity contribution in [3.8, 4) is 0 Å². The first-order valence-electron chi connectivity index (χ1n) is 7.22. The molecule has 0 unspecified atom stereocenters. The molecule has 1 aliphatic rings. The van der Waals surface area contributed by atoms with E-state index >= 15 is 0 Å². The molecule has 2 aromatic carbocycles. The first kappa shape index (κ1) is 13.9. The second kappa shape index (κ2) is 5.76. The van der Waals surface area contributed by atoms with E-state index in [-0.39, 0.29) is 12.2 Å². The molecule has 0 radical (unpaired) electrons. The van der Waals surface area contributed by atoms with Gasteiger partial charge in [0.15, 0.2) is 17.4 Å². The average Bonchev–Trinajstić information content (AvgIpc) is 2.50. The van der Waals surface area contributed by atoms with Crippen molar-refractivity contribution in [2.75, 3.05) is 0 Å². The summed E-state index contributed by atoms with van der Waals surface area (Å²) in [6.07, 6.45) is 4.55.